The summed E-state index contributed by atoms with van der Waals surface area (Å²) in [5.74, 6) is -1.56. The SMILES string of the molecule is CCOC(=O)C1(c2ccccc2)CC(=O)N(C)C1=O. The highest BCUT2D eigenvalue weighted by Crippen LogP contribution is 2.37. The number of carbonyl (C=O) groups excluding carboxylic acids is 3. The average Bonchev–Trinajstić information content (AvgIpc) is 2.65. The molecule has 5 nitrogen and oxygen atoms in total. The maximum Gasteiger partial charge on any atom is 0.326 e. The molecule has 0 radical (unpaired) electrons. The lowest BCUT2D eigenvalue weighted by atomic mass is 9.79. The Kier molecular flexibility index (Phi) is 3.38. The molecule has 1 heterocycles. The standard InChI is InChI=1S/C14H15NO4/c1-3-19-13(18)14(10-7-5-4-6-8-10)9-11(16)15(2)12(14)17/h4-8H,3,9H2,1-2H3. The first-order chi connectivity index (χ1) is 9.04. The maximum absolute atomic E-state index is 12.4. The summed E-state index contributed by atoms with van der Waals surface area (Å²) in [5, 5.41) is 0. The van der Waals surface area contributed by atoms with Crippen molar-refractivity contribution in [3.8, 4) is 0 Å². The lowest BCUT2D eigenvalue weighted by Gasteiger charge is -2.24. The fraction of sp³-hybridized carbons (Fsp3) is 0.357. The molecule has 19 heavy (non-hydrogen) atoms. The monoisotopic (exact) mass is 261 g/mol. The predicted octanol–water partition coefficient (Wildman–Crippen LogP) is 0.876. The van der Waals surface area contributed by atoms with E-state index >= 15 is 0 Å². The van der Waals surface area contributed by atoms with Crippen molar-refractivity contribution >= 4 is 17.8 Å². The number of hydrogen-bond acceptors (Lipinski definition) is 4. The van der Waals surface area contributed by atoms with Gasteiger partial charge in [0.05, 0.1) is 13.0 Å². The smallest absolute Gasteiger partial charge is 0.326 e. The molecule has 0 bridgehead atoms. The minimum Gasteiger partial charge on any atom is -0.465 e. The Morgan fingerprint density at radius 2 is 1.95 bits per heavy atom. The van der Waals surface area contributed by atoms with E-state index in [-0.39, 0.29) is 18.9 Å². The number of rotatable bonds is 3. The van der Waals surface area contributed by atoms with Crippen molar-refractivity contribution in [1.29, 1.82) is 0 Å². The fourth-order valence-electron chi connectivity index (χ4n) is 2.30. The van der Waals surface area contributed by atoms with Crippen molar-refractivity contribution in [2.45, 2.75) is 18.8 Å². The van der Waals surface area contributed by atoms with Gasteiger partial charge in [0.25, 0.3) is 5.91 Å². The largest absolute Gasteiger partial charge is 0.465 e. The number of esters is 1. The molecule has 1 aliphatic rings. The third kappa shape index (κ3) is 1.91. The minimum atomic E-state index is -1.52. The van der Waals surface area contributed by atoms with Crippen LogP contribution in [0, 0.1) is 0 Å². The highest BCUT2D eigenvalue weighted by molar-refractivity contribution is 6.20. The van der Waals surface area contributed by atoms with Crippen molar-refractivity contribution in [1.82, 2.24) is 4.90 Å². The third-order valence-corrected chi connectivity index (χ3v) is 3.35. The van der Waals surface area contributed by atoms with Crippen LogP contribution in [0.3, 0.4) is 0 Å². The summed E-state index contributed by atoms with van der Waals surface area (Å²) in [6.07, 6.45) is -0.175. The second-order valence-corrected chi connectivity index (χ2v) is 4.43. The summed E-state index contributed by atoms with van der Waals surface area (Å²) in [6.45, 7) is 1.83. The zero-order chi connectivity index (χ0) is 14.0. The summed E-state index contributed by atoms with van der Waals surface area (Å²) in [6, 6.07) is 8.58. The number of benzene rings is 1. The molecule has 1 fully saturated rings. The molecule has 100 valence electrons. The molecule has 1 atom stereocenters. The van der Waals surface area contributed by atoms with Gasteiger partial charge in [-0.3, -0.25) is 19.3 Å². The maximum atomic E-state index is 12.4. The Morgan fingerprint density at radius 3 is 2.42 bits per heavy atom. The van der Waals surface area contributed by atoms with Gasteiger partial charge >= 0.3 is 5.97 Å². The molecule has 1 unspecified atom stereocenters. The zero-order valence-corrected chi connectivity index (χ0v) is 10.9. The van der Waals surface area contributed by atoms with Crippen LogP contribution in [0.15, 0.2) is 30.3 Å². The Hall–Kier alpha value is -2.17. The van der Waals surface area contributed by atoms with Gasteiger partial charge in [0.15, 0.2) is 5.41 Å². The normalized spacial score (nSPS) is 22.7. The predicted molar refractivity (Wildman–Crippen MR) is 67.1 cm³/mol. The molecule has 0 N–H and O–H groups in total. The molecule has 1 aromatic carbocycles. The number of nitrogens with zero attached hydrogens (tertiary/aromatic N) is 1. The lowest BCUT2D eigenvalue weighted by Crippen LogP contribution is -2.44. The number of imide groups is 1. The number of carbonyl (C=O) groups is 3. The molecule has 2 amide bonds. The first-order valence-corrected chi connectivity index (χ1v) is 6.07. The van der Waals surface area contributed by atoms with E-state index in [1.54, 1.807) is 37.3 Å². The van der Waals surface area contributed by atoms with Gasteiger partial charge in [-0.05, 0) is 12.5 Å². The first kappa shape index (κ1) is 13.3. The molecule has 0 aliphatic carbocycles. The van der Waals surface area contributed by atoms with E-state index in [0.717, 1.165) is 4.90 Å². The van der Waals surface area contributed by atoms with Gasteiger partial charge in [-0.25, -0.2) is 0 Å². The first-order valence-electron chi connectivity index (χ1n) is 6.07. The summed E-state index contributed by atoms with van der Waals surface area (Å²) >= 11 is 0. The zero-order valence-electron chi connectivity index (χ0n) is 10.9. The molecule has 0 aromatic heterocycles. The third-order valence-electron chi connectivity index (χ3n) is 3.35. The van der Waals surface area contributed by atoms with E-state index < -0.39 is 17.3 Å². The van der Waals surface area contributed by atoms with Gasteiger partial charge in [-0.15, -0.1) is 0 Å². The van der Waals surface area contributed by atoms with Crippen LogP contribution in [0.2, 0.25) is 0 Å². The Balaban J connectivity index is 2.55. The van der Waals surface area contributed by atoms with Crippen LogP contribution >= 0.6 is 0 Å². The van der Waals surface area contributed by atoms with Crippen molar-refractivity contribution in [3.63, 3.8) is 0 Å². The fourth-order valence-corrected chi connectivity index (χ4v) is 2.30. The Labute approximate surface area is 111 Å². The molecule has 1 aromatic rings. The van der Waals surface area contributed by atoms with Gasteiger partial charge in [0, 0.05) is 7.05 Å². The van der Waals surface area contributed by atoms with Crippen LogP contribution < -0.4 is 0 Å². The number of amides is 2. The van der Waals surface area contributed by atoms with Gasteiger partial charge in [-0.2, -0.15) is 0 Å². The summed E-state index contributed by atoms with van der Waals surface area (Å²) in [4.78, 5) is 37.4. The highest BCUT2D eigenvalue weighted by Gasteiger charge is 2.58. The van der Waals surface area contributed by atoms with E-state index in [9.17, 15) is 14.4 Å². The summed E-state index contributed by atoms with van der Waals surface area (Å²) in [7, 11) is 1.38. The lowest BCUT2D eigenvalue weighted by molar-refractivity contribution is -0.154. The van der Waals surface area contributed by atoms with Gasteiger partial charge in [-0.1, -0.05) is 30.3 Å². The number of likely N-dealkylation sites (tertiary alicyclic amines) is 1. The van der Waals surface area contributed by atoms with E-state index in [1.165, 1.54) is 7.05 Å². The second-order valence-electron chi connectivity index (χ2n) is 4.43. The molecule has 1 saturated heterocycles. The van der Waals surface area contributed by atoms with Crippen molar-refractivity contribution in [2.24, 2.45) is 0 Å². The average molecular weight is 261 g/mol. The molecule has 1 aliphatic heterocycles. The van der Waals surface area contributed by atoms with Crippen LogP contribution in [0.5, 0.6) is 0 Å². The van der Waals surface area contributed by atoms with E-state index in [0.29, 0.717) is 5.56 Å². The number of likely N-dealkylation sites (N-methyl/N-ethyl adjacent to an activating group) is 1. The van der Waals surface area contributed by atoms with Crippen molar-refractivity contribution < 1.29 is 19.1 Å². The summed E-state index contributed by atoms with van der Waals surface area (Å²) < 4.78 is 5.01. The van der Waals surface area contributed by atoms with Crippen LogP contribution in [0.1, 0.15) is 18.9 Å². The quantitative estimate of drug-likeness (QED) is 0.460. The van der Waals surface area contributed by atoms with Crippen molar-refractivity contribution in [3.05, 3.63) is 35.9 Å². The van der Waals surface area contributed by atoms with Gasteiger partial charge in [0.2, 0.25) is 5.91 Å². The van der Waals surface area contributed by atoms with Gasteiger partial charge in [0.1, 0.15) is 0 Å². The Morgan fingerprint density at radius 1 is 1.32 bits per heavy atom. The summed E-state index contributed by atoms with van der Waals surface area (Å²) in [5.41, 5.74) is -1.03. The minimum absolute atomic E-state index is 0.165. The molecule has 0 saturated carbocycles. The molecular weight excluding hydrogens is 246 g/mol. The van der Waals surface area contributed by atoms with Crippen molar-refractivity contribution in [2.75, 3.05) is 13.7 Å². The molecular formula is C14H15NO4. The van der Waals surface area contributed by atoms with E-state index in [4.69, 9.17) is 4.74 Å². The molecule has 0 spiro atoms. The van der Waals surface area contributed by atoms with Crippen LogP contribution in [0.25, 0.3) is 0 Å². The topological polar surface area (TPSA) is 63.7 Å². The number of hydrogen-bond donors (Lipinski definition) is 0. The number of ether oxygens (including phenoxy) is 1. The van der Waals surface area contributed by atoms with Crippen LogP contribution in [-0.4, -0.2) is 36.3 Å². The molecule has 5 heteroatoms. The molecule has 2 rings (SSSR count). The Bertz CT molecular complexity index is 526. The van der Waals surface area contributed by atoms with E-state index in [2.05, 4.69) is 0 Å². The van der Waals surface area contributed by atoms with Crippen LogP contribution in [-0.2, 0) is 24.5 Å². The second kappa shape index (κ2) is 4.84. The van der Waals surface area contributed by atoms with Gasteiger partial charge < -0.3 is 4.74 Å². The van der Waals surface area contributed by atoms with Crippen LogP contribution in [0.4, 0.5) is 0 Å². The van der Waals surface area contributed by atoms with E-state index in [1.807, 2.05) is 0 Å². The highest BCUT2D eigenvalue weighted by atomic mass is 16.5.